The standard InChI is InChI=1S/C27H49NO5/c1-21(2,3)17-26(12,13)33-32-25(10,11)16-15-24(8,9)31-20(29)27(30-14)18-22(4,5)28-23(6,7)19-27/h28H,17-19H2,1-14H3. The van der Waals surface area contributed by atoms with E-state index in [-0.39, 0.29) is 16.5 Å². The maximum Gasteiger partial charge on any atom is 0.340 e. The third-order valence-corrected chi connectivity index (χ3v) is 5.34. The molecule has 0 bridgehead atoms. The summed E-state index contributed by atoms with van der Waals surface area (Å²) in [5.41, 5.74) is -3.85. The number of hydrogen-bond donors (Lipinski definition) is 1. The Morgan fingerprint density at radius 3 is 1.70 bits per heavy atom. The average molecular weight is 468 g/mol. The van der Waals surface area contributed by atoms with E-state index >= 15 is 0 Å². The fourth-order valence-electron chi connectivity index (χ4n) is 5.06. The molecule has 0 radical (unpaired) electrons. The van der Waals surface area contributed by atoms with Crippen LogP contribution in [0.15, 0.2) is 0 Å². The summed E-state index contributed by atoms with van der Waals surface area (Å²) < 4.78 is 11.7. The number of carbonyl (C=O) groups excluding carboxylic acids is 1. The van der Waals surface area contributed by atoms with Crippen LogP contribution >= 0.6 is 0 Å². The molecular weight excluding hydrogens is 418 g/mol. The fourth-order valence-corrected chi connectivity index (χ4v) is 5.06. The highest BCUT2D eigenvalue weighted by Gasteiger charge is 2.53. The van der Waals surface area contributed by atoms with Crippen LogP contribution in [0.5, 0.6) is 0 Å². The lowest BCUT2D eigenvalue weighted by Gasteiger charge is -2.51. The molecule has 1 aliphatic heterocycles. The van der Waals surface area contributed by atoms with Gasteiger partial charge in [0.15, 0.2) is 16.8 Å². The zero-order valence-corrected chi connectivity index (χ0v) is 23.7. The van der Waals surface area contributed by atoms with Crippen molar-refractivity contribution in [1.82, 2.24) is 5.32 Å². The molecule has 1 rings (SSSR count). The summed E-state index contributed by atoms with van der Waals surface area (Å²) in [4.78, 5) is 24.8. The van der Waals surface area contributed by atoms with Gasteiger partial charge in [0.2, 0.25) is 0 Å². The van der Waals surface area contributed by atoms with Crippen LogP contribution in [0, 0.1) is 17.3 Å². The minimum atomic E-state index is -1.04. The molecule has 0 amide bonds. The maximum absolute atomic E-state index is 13.4. The first-order valence-corrected chi connectivity index (χ1v) is 11.9. The van der Waals surface area contributed by atoms with Gasteiger partial charge in [-0.05, 0) is 81.1 Å². The van der Waals surface area contributed by atoms with Crippen molar-refractivity contribution in [2.45, 2.75) is 143 Å². The third-order valence-electron chi connectivity index (χ3n) is 5.34. The second-order valence-corrected chi connectivity index (χ2v) is 13.8. The Morgan fingerprint density at radius 1 is 0.818 bits per heavy atom. The van der Waals surface area contributed by atoms with Gasteiger partial charge in [-0.3, -0.25) is 0 Å². The minimum Gasteiger partial charge on any atom is -0.444 e. The molecule has 1 saturated heterocycles. The highest BCUT2D eigenvalue weighted by Crippen LogP contribution is 2.39. The molecule has 1 fully saturated rings. The number of esters is 1. The lowest BCUT2D eigenvalue weighted by molar-refractivity contribution is -0.392. The monoisotopic (exact) mass is 467 g/mol. The van der Waals surface area contributed by atoms with E-state index < -0.39 is 28.4 Å². The van der Waals surface area contributed by atoms with Gasteiger partial charge in [0.1, 0.15) is 0 Å². The smallest absolute Gasteiger partial charge is 0.340 e. The molecule has 0 unspecified atom stereocenters. The SMILES string of the molecule is COC1(C(=O)OC(C)(C)C#CC(C)(C)OOC(C)(C)CC(C)(C)C)CC(C)(C)NC(C)(C)C1. The van der Waals surface area contributed by atoms with E-state index in [1.165, 1.54) is 0 Å². The first-order chi connectivity index (χ1) is 14.4. The molecule has 0 aromatic carbocycles. The first-order valence-electron chi connectivity index (χ1n) is 11.9. The number of piperidine rings is 1. The Hall–Kier alpha value is -1.13. The third kappa shape index (κ3) is 9.94. The molecule has 1 heterocycles. The van der Waals surface area contributed by atoms with Crippen LogP contribution in [0.4, 0.5) is 0 Å². The molecule has 33 heavy (non-hydrogen) atoms. The van der Waals surface area contributed by atoms with Crippen LogP contribution in [0.1, 0.15) is 109 Å². The van der Waals surface area contributed by atoms with Crippen molar-refractivity contribution >= 4 is 5.97 Å². The number of carbonyl (C=O) groups is 1. The Bertz CT molecular complexity index is 744. The molecule has 1 aliphatic rings. The molecular formula is C27H49NO5. The second-order valence-electron chi connectivity index (χ2n) is 13.8. The van der Waals surface area contributed by atoms with Gasteiger partial charge in [-0.2, -0.15) is 0 Å². The molecule has 0 aromatic heterocycles. The quantitative estimate of drug-likeness (QED) is 0.228. The van der Waals surface area contributed by atoms with Gasteiger partial charge in [0.05, 0.1) is 5.60 Å². The molecule has 0 spiro atoms. The molecule has 0 aromatic rings. The number of ether oxygens (including phenoxy) is 2. The van der Waals surface area contributed by atoms with Crippen molar-refractivity contribution < 1.29 is 24.0 Å². The van der Waals surface area contributed by atoms with Gasteiger partial charge >= 0.3 is 5.97 Å². The summed E-state index contributed by atoms with van der Waals surface area (Å²) in [7, 11) is 1.57. The van der Waals surface area contributed by atoms with Crippen molar-refractivity contribution in [1.29, 1.82) is 0 Å². The topological polar surface area (TPSA) is 66.0 Å². The van der Waals surface area contributed by atoms with Crippen molar-refractivity contribution in [3.8, 4) is 11.8 Å². The highest BCUT2D eigenvalue weighted by molar-refractivity contribution is 5.81. The molecule has 6 heteroatoms. The Balaban J connectivity index is 2.95. The minimum absolute atomic E-state index is 0.105. The summed E-state index contributed by atoms with van der Waals surface area (Å²) in [6, 6.07) is 0. The Labute approximate surface area is 202 Å². The largest absolute Gasteiger partial charge is 0.444 e. The highest BCUT2D eigenvalue weighted by atomic mass is 17.2. The van der Waals surface area contributed by atoms with Gasteiger partial charge in [-0.15, -0.1) is 0 Å². The van der Waals surface area contributed by atoms with E-state index in [0.29, 0.717) is 12.8 Å². The summed E-state index contributed by atoms with van der Waals surface area (Å²) in [6.07, 6.45) is 1.84. The summed E-state index contributed by atoms with van der Waals surface area (Å²) in [5.74, 6) is 5.75. The van der Waals surface area contributed by atoms with Crippen LogP contribution < -0.4 is 5.32 Å². The van der Waals surface area contributed by atoms with Crippen LogP contribution in [-0.4, -0.2) is 46.6 Å². The number of hydrogen-bond acceptors (Lipinski definition) is 6. The zero-order chi connectivity index (χ0) is 26.1. The summed E-state index contributed by atoms with van der Waals surface area (Å²) in [6.45, 7) is 26.0. The van der Waals surface area contributed by atoms with Crippen LogP contribution in [-0.2, 0) is 24.0 Å². The van der Waals surface area contributed by atoms with E-state index in [0.717, 1.165) is 6.42 Å². The van der Waals surface area contributed by atoms with Gasteiger partial charge in [0.25, 0.3) is 0 Å². The predicted octanol–water partition coefficient (Wildman–Crippen LogP) is 5.58. The lowest BCUT2D eigenvalue weighted by Crippen LogP contribution is -2.66. The maximum atomic E-state index is 13.4. The van der Waals surface area contributed by atoms with Crippen molar-refractivity contribution in [2.75, 3.05) is 7.11 Å². The van der Waals surface area contributed by atoms with Gasteiger partial charge < -0.3 is 14.8 Å². The molecule has 0 saturated carbocycles. The van der Waals surface area contributed by atoms with Crippen LogP contribution in [0.2, 0.25) is 0 Å². The van der Waals surface area contributed by atoms with Crippen LogP contribution in [0.25, 0.3) is 0 Å². The van der Waals surface area contributed by atoms with Crippen molar-refractivity contribution in [2.24, 2.45) is 5.41 Å². The van der Waals surface area contributed by atoms with E-state index in [1.807, 2.05) is 27.7 Å². The first kappa shape index (κ1) is 29.9. The fraction of sp³-hybridized carbons (Fsp3) is 0.889. The van der Waals surface area contributed by atoms with Crippen molar-refractivity contribution in [3.05, 3.63) is 0 Å². The van der Waals surface area contributed by atoms with E-state index in [9.17, 15) is 4.79 Å². The van der Waals surface area contributed by atoms with Crippen LogP contribution in [0.3, 0.4) is 0 Å². The number of methoxy groups -OCH3 is 1. The van der Waals surface area contributed by atoms with Crippen molar-refractivity contribution in [3.63, 3.8) is 0 Å². The Morgan fingerprint density at radius 2 is 1.27 bits per heavy atom. The average Bonchev–Trinajstić information content (AvgIpc) is 2.53. The van der Waals surface area contributed by atoms with E-state index in [1.54, 1.807) is 21.0 Å². The predicted molar refractivity (Wildman–Crippen MR) is 133 cm³/mol. The van der Waals surface area contributed by atoms with Gasteiger partial charge in [-0.1, -0.05) is 32.6 Å². The number of rotatable bonds is 7. The van der Waals surface area contributed by atoms with E-state index in [4.69, 9.17) is 19.2 Å². The molecule has 0 atom stereocenters. The normalized spacial score (nSPS) is 20.5. The molecule has 0 aliphatic carbocycles. The molecule has 192 valence electrons. The summed E-state index contributed by atoms with van der Waals surface area (Å²) in [5, 5.41) is 3.58. The van der Waals surface area contributed by atoms with Gasteiger partial charge in [0, 0.05) is 31.0 Å². The van der Waals surface area contributed by atoms with E-state index in [2.05, 4.69) is 65.6 Å². The molecule has 6 nitrogen and oxygen atoms in total. The zero-order valence-electron chi connectivity index (χ0n) is 23.7. The second kappa shape index (κ2) is 9.49. The Kier molecular flexibility index (Phi) is 8.60. The number of nitrogens with one attached hydrogen (secondary N) is 1. The summed E-state index contributed by atoms with van der Waals surface area (Å²) >= 11 is 0. The lowest BCUT2D eigenvalue weighted by atomic mass is 9.72. The van der Waals surface area contributed by atoms with Gasteiger partial charge in [-0.25, -0.2) is 14.6 Å². The molecule has 1 N–H and O–H groups in total.